The summed E-state index contributed by atoms with van der Waals surface area (Å²) >= 11 is 6.13. The lowest BCUT2D eigenvalue weighted by atomic mass is 10.0. The minimum Gasteiger partial charge on any atom is -0.340 e. The average Bonchev–Trinajstić information content (AvgIpc) is 2.64. The molecule has 0 aliphatic carbocycles. The molecule has 0 spiro atoms. The van der Waals surface area contributed by atoms with Crippen LogP contribution in [0.4, 0.5) is 0 Å². The normalized spacial score (nSPS) is 12.1. The van der Waals surface area contributed by atoms with Crippen LogP contribution < -0.4 is 5.32 Å². The van der Waals surface area contributed by atoms with E-state index < -0.39 is 6.04 Å². The van der Waals surface area contributed by atoms with Gasteiger partial charge in [0, 0.05) is 12.6 Å². The second-order valence-electron chi connectivity index (χ2n) is 7.22. The molecule has 0 aliphatic rings. The predicted molar refractivity (Wildman–Crippen MR) is 110 cm³/mol. The molecule has 2 aromatic carbocycles. The standard InChI is InChI=1S/C22H27ClN2O2/c1-15(2)20(24-21(26)18-12-8-9-13-19(18)23)22(27)25(16(3)4)14-17-10-6-5-7-11-17/h5-13,15-16,20H,14H2,1-4H3,(H,24,26). The first-order valence-electron chi connectivity index (χ1n) is 9.21. The fraction of sp³-hybridized carbons (Fsp3) is 0.364. The maximum atomic E-state index is 13.3. The van der Waals surface area contributed by atoms with E-state index in [2.05, 4.69) is 5.32 Å². The van der Waals surface area contributed by atoms with E-state index in [1.807, 2.05) is 58.0 Å². The summed E-state index contributed by atoms with van der Waals surface area (Å²) in [6.45, 7) is 8.32. The fourth-order valence-corrected chi connectivity index (χ4v) is 3.07. The van der Waals surface area contributed by atoms with Gasteiger partial charge in [0.2, 0.25) is 5.91 Å². The maximum absolute atomic E-state index is 13.3. The van der Waals surface area contributed by atoms with E-state index in [0.29, 0.717) is 17.1 Å². The quantitative estimate of drug-likeness (QED) is 0.759. The van der Waals surface area contributed by atoms with Gasteiger partial charge in [0.05, 0.1) is 10.6 Å². The van der Waals surface area contributed by atoms with Crippen LogP contribution in [0.3, 0.4) is 0 Å². The molecule has 27 heavy (non-hydrogen) atoms. The van der Waals surface area contributed by atoms with Crippen LogP contribution in [0.2, 0.25) is 5.02 Å². The number of carbonyl (C=O) groups excluding carboxylic acids is 2. The van der Waals surface area contributed by atoms with Gasteiger partial charge in [-0.1, -0.05) is 67.9 Å². The molecule has 144 valence electrons. The molecule has 0 bridgehead atoms. The van der Waals surface area contributed by atoms with Gasteiger partial charge in [0.25, 0.3) is 5.91 Å². The largest absolute Gasteiger partial charge is 0.340 e. The van der Waals surface area contributed by atoms with E-state index in [4.69, 9.17) is 11.6 Å². The Hall–Kier alpha value is -2.33. The number of nitrogens with one attached hydrogen (secondary N) is 1. The molecule has 0 saturated carbocycles. The van der Waals surface area contributed by atoms with Gasteiger partial charge >= 0.3 is 0 Å². The Morgan fingerprint density at radius 3 is 2.11 bits per heavy atom. The zero-order valence-electron chi connectivity index (χ0n) is 16.3. The van der Waals surface area contributed by atoms with Crippen molar-refractivity contribution in [1.29, 1.82) is 0 Å². The van der Waals surface area contributed by atoms with Gasteiger partial charge < -0.3 is 10.2 Å². The second-order valence-corrected chi connectivity index (χ2v) is 7.63. The highest BCUT2D eigenvalue weighted by molar-refractivity contribution is 6.33. The Morgan fingerprint density at radius 2 is 1.56 bits per heavy atom. The molecule has 0 radical (unpaired) electrons. The average molecular weight is 387 g/mol. The molecule has 1 unspecified atom stereocenters. The summed E-state index contributed by atoms with van der Waals surface area (Å²) in [6.07, 6.45) is 0. The summed E-state index contributed by atoms with van der Waals surface area (Å²) in [5.74, 6) is -0.485. The lowest BCUT2D eigenvalue weighted by molar-refractivity contribution is -0.136. The van der Waals surface area contributed by atoms with Gasteiger partial charge in [-0.3, -0.25) is 9.59 Å². The minimum atomic E-state index is -0.625. The zero-order chi connectivity index (χ0) is 20.0. The summed E-state index contributed by atoms with van der Waals surface area (Å²) in [5, 5.41) is 3.25. The van der Waals surface area contributed by atoms with Gasteiger partial charge in [-0.05, 0) is 37.5 Å². The molecule has 0 saturated heterocycles. The molecule has 4 nitrogen and oxygen atoms in total. The number of rotatable bonds is 7. The van der Waals surface area contributed by atoms with E-state index >= 15 is 0 Å². The van der Waals surface area contributed by atoms with Gasteiger partial charge in [-0.2, -0.15) is 0 Å². The summed E-state index contributed by atoms with van der Waals surface area (Å²) < 4.78 is 0. The first-order valence-corrected chi connectivity index (χ1v) is 9.58. The highest BCUT2D eigenvalue weighted by Gasteiger charge is 2.30. The molecule has 2 amide bonds. The number of amides is 2. The Balaban J connectivity index is 2.21. The van der Waals surface area contributed by atoms with Crippen LogP contribution in [0.25, 0.3) is 0 Å². The molecular weight excluding hydrogens is 360 g/mol. The smallest absolute Gasteiger partial charge is 0.253 e. The first kappa shape index (κ1) is 21.0. The first-order chi connectivity index (χ1) is 12.8. The van der Waals surface area contributed by atoms with E-state index in [-0.39, 0.29) is 23.8 Å². The second kappa shape index (κ2) is 9.56. The number of halogens is 1. The summed E-state index contributed by atoms with van der Waals surface area (Å²) in [7, 11) is 0. The number of nitrogens with zero attached hydrogens (tertiary/aromatic N) is 1. The number of carbonyl (C=O) groups is 2. The van der Waals surface area contributed by atoms with E-state index in [9.17, 15) is 9.59 Å². The highest BCUT2D eigenvalue weighted by atomic mass is 35.5. The van der Waals surface area contributed by atoms with Gasteiger partial charge in [-0.15, -0.1) is 0 Å². The topological polar surface area (TPSA) is 49.4 Å². The summed E-state index contributed by atoms with van der Waals surface area (Å²) in [4.78, 5) is 27.7. The van der Waals surface area contributed by atoms with Crippen molar-refractivity contribution in [2.45, 2.75) is 46.3 Å². The highest BCUT2D eigenvalue weighted by Crippen LogP contribution is 2.17. The number of benzene rings is 2. The van der Waals surface area contributed by atoms with Gasteiger partial charge in [0.1, 0.15) is 6.04 Å². The molecule has 2 rings (SSSR count). The summed E-state index contributed by atoms with van der Waals surface area (Å²) in [5.41, 5.74) is 1.43. The van der Waals surface area contributed by atoms with Gasteiger partial charge in [-0.25, -0.2) is 0 Å². The van der Waals surface area contributed by atoms with E-state index in [1.54, 1.807) is 29.2 Å². The third-order valence-electron chi connectivity index (χ3n) is 4.44. The zero-order valence-corrected chi connectivity index (χ0v) is 17.0. The third kappa shape index (κ3) is 5.57. The Bertz CT molecular complexity index is 775. The van der Waals surface area contributed by atoms with Crippen molar-refractivity contribution < 1.29 is 9.59 Å². The van der Waals surface area contributed by atoms with Crippen LogP contribution in [0.5, 0.6) is 0 Å². The molecule has 0 fully saturated rings. The number of hydrogen-bond donors (Lipinski definition) is 1. The van der Waals surface area contributed by atoms with Crippen LogP contribution in [-0.4, -0.2) is 28.8 Å². The molecule has 0 aliphatic heterocycles. The molecule has 0 heterocycles. The lowest BCUT2D eigenvalue weighted by Gasteiger charge is -2.33. The minimum absolute atomic E-state index is 0.0103. The maximum Gasteiger partial charge on any atom is 0.253 e. The van der Waals surface area contributed by atoms with Crippen molar-refractivity contribution >= 4 is 23.4 Å². The van der Waals surface area contributed by atoms with E-state index in [1.165, 1.54) is 0 Å². The lowest BCUT2D eigenvalue weighted by Crippen LogP contribution is -2.52. The fourth-order valence-electron chi connectivity index (χ4n) is 2.85. The Morgan fingerprint density at radius 1 is 0.963 bits per heavy atom. The molecule has 1 atom stereocenters. The molecule has 0 aromatic heterocycles. The van der Waals surface area contributed by atoms with Crippen molar-refractivity contribution in [3.8, 4) is 0 Å². The Kier molecular flexibility index (Phi) is 7.43. The van der Waals surface area contributed by atoms with Crippen LogP contribution in [0.1, 0.15) is 43.6 Å². The molecular formula is C22H27ClN2O2. The van der Waals surface area contributed by atoms with Crippen molar-refractivity contribution in [3.63, 3.8) is 0 Å². The Labute approximate surface area is 166 Å². The molecule has 1 N–H and O–H groups in total. The SMILES string of the molecule is CC(C)C(NC(=O)c1ccccc1Cl)C(=O)N(Cc1ccccc1)C(C)C. The monoisotopic (exact) mass is 386 g/mol. The van der Waals surface area contributed by atoms with Crippen LogP contribution >= 0.6 is 11.6 Å². The van der Waals surface area contributed by atoms with Crippen LogP contribution in [-0.2, 0) is 11.3 Å². The van der Waals surface area contributed by atoms with Crippen LogP contribution in [0, 0.1) is 5.92 Å². The third-order valence-corrected chi connectivity index (χ3v) is 4.77. The van der Waals surface area contributed by atoms with Crippen molar-refractivity contribution in [2.24, 2.45) is 5.92 Å². The number of hydrogen-bond acceptors (Lipinski definition) is 2. The van der Waals surface area contributed by atoms with Crippen molar-refractivity contribution in [3.05, 3.63) is 70.7 Å². The van der Waals surface area contributed by atoms with E-state index in [0.717, 1.165) is 5.56 Å². The van der Waals surface area contributed by atoms with Crippen molar-refractivity contribution in [2.75, 3.05) is 0 Å². The summed E-state index contributed by atoms with van der Waals surface area (Å²) in [6, 6.07) is 16.1. The van der Waals surface area contributed by atoms with Crippen LogP contribution in [0.15, 0.2) is 54.6 Å². The van der Waals surface area contributed by atoms with Crippen molar-refractivity contribution in [1.82, 2.24) is 10.2 Å². The molecule has 5 heteroatoms. The molecule has 2 aromatic rings. The predicted octanol–water partition coefficient (Wildman–Crippen LogP) is 4.53. The van der Waals surface area contributed by atoms with Gasteiger partial charge in [0.15, 0.2) is 0 Å².